The van der Waals surface area contributed by atoms with Gasteiger partial charge in [-0.15, -0.1) is 11.3 Å². The Hall–Kier alpha value is -1.32. The van der Waals surface area contributed by atoms with Crippen LogP contribution in [0, 0.1) is 11.3 Å². The summed E-state index contributed by atoms with van der Waals surface area (Å²) in [6.45, 7) is 3.03. The van der Waals surface area contributed by atoms with Crippen LogP contribution in [0.2, 0.25) is 0 Å². The molecular weight excluding hydrogens is 319 g/mol. The molecule has 2 aromatic rings. The molecule has 0 bridgehead atoms. The zero-order valence-electron chi connectivity index (χ0n) is 13.6. The number of unbranched alkanes of at least 4 members (excludes halogenated alkanes) is 1. The van der Waals surface area contributed by atoms with Crippen LogP contribution in [0.15, 0.2) is 30.3 Å². The van der Waals surface area contributed by atoms with Gasteiger partial charge in [0.25, 0.3) is 0 Å². The van der Waals surface area contributed by atoms with Crippen LogP contribution in [0.25, 0.3) is 10.4 Å². The Balaban J connectivity index is 0.00000264. The fourth-order valence-corrected chi connectivity index (χ4v) is 3.07. The maximum atomic E-state index is 10.9. The van der Waals surface area contributed by atoms with Gasteiger partial charge in [0.1, 0.15) is 6.07 Å². The summed E-state index contributed by atoms with van der Waals surface area (Å²) in [7, 11) is 1.98. The summed E-state index contributed by atoms with van der Waals surface area (Å²) in [4.78, 5) is 13.9. The van der Waals surface area contributed by atoms with E-state index < -0.39 is 5.97 Å². The Labute approximate surface area is 162 Å². The maximum Gasteiger partial charge on any atom is 1.00 e. The first-order valence-corrected chi connectivity index (χ1v) is 7.95. The number of hydrogen-bond acceptors (Lipinski definition) is 5. The number of nitriles is 1. The van der Waals surface area contributed by atoms with Gasteiger partial charge in [-0.3, -0.25) is 0 Å². The van der Waals surface area contributed by atoms with E-state index in [4.69, 9.17) is 0 Å². The van der Waals surface area contributed by atoms with Crippen LogP contribution in [0.1, 0.15) is 35.0 Å². The quantitative estimate of drug-likeness (QED) is 0.691. The molecule has 0 aliphatic carbocycles. The molecule has 2 rings (SSSR count). The normalized spacial score (nSPS) is 9.78. The van der Waals surface area contributed by atoms with Crippen molar-refractivity contribution in [1.29, 1.82) is 5.26 Å². The summed E-state index contributed by atoms with van der Waals surface area (Å²) < 4.78 is 0. The maximum absolute atomic E-state index is 10.9. The van der Waals surface area contributed by atoms with Crippen LogP contribution in [-0.4, -0.2) is 19.6 Å². The van der Waals surface area contributed by atoms with Gasteiger partial charge >= 0.3 is 29.6 Å². The second-order valence-corrected chi connectivity index (χ2v) is 6.15. The Kier molecular flexibility index (Phi) is 7.80. The Morgan fingerprint density at radius 2 is 2.09 bits per heavy atom. The Morgan fingerprint density at radius 1 is 1.35 bits per heavy atom. The molecule has 0 amide bonds. The minimum Gasteiger partial charge on any atom is -0.544 e. The number of thiophene rings is 1. The van der Waals surface area contributed by atoms with Gasteiger partial charge in [-0.2, -0.15) is 5.26 Å². The number of carboxylic acid groups (broad SMARTS) is 1. The largest absolute Gasteiger partial charge is 1.00 e. The second kappa shape index (κ2) is 9.09. The molecule has 0 saturated carbocycles. The van der Waals surface area contributed by atoms with Crippen molar-refractivity contribution in [2.24, 2.45) is 0 Å². The van der Waals surface area contributed by atoms with E-state index in [2.05, 4.69) is 17.9 Å². The molecule has 0 aliphatic heterocycles. The first-order chi connectivity index (χ1) is 10.6. The fraction of sp³-hybridized carbons (Fsp3) is 0.294. The number of carboxylic acids is 1. The monoisotopic (exact) mass is 336 g/mol. The van der Waals surface area contributed by atoms with Crippen molar-refractivity contribution in [3.8, 4) is 16.5 Å². The number of carbonyl (C=O) groups is 1. The minimum absolute atomic E-state index is 0. The van der Waals surface area contributed by atoms with Crippen LogP contribution >= 0.6 is 11.3 Å². The second-order valence-electron chi connectivity index (χ2n) is 5.07. The topological polar surface area (TPSA) is 67.2 Å². The molecule has 0 atom stereocenters. The molecular formula is C17H17N2NaO2S. The first-order valence-electron chi connectivity index (χ1n) is 7.13. The standard InChI is InChI=1S/C17H18N2O2S.Na/c1-3-4-9-19(2)14-6-5-12(10-13(14)11-18)15-7-8-16(22-15)17(20)21;/h5-8,10H,3-4,9H2,1-2H3,(H,20,21);/q;+1/p-1. The van der Waals surface area contributed by atoms with Gasteiger partial charge in [-0.25, -0.2) is 0 Å². The van der Waals surface area contributed by atoms with Gasteiger partial charge in [0.2, 0.25) is 0 Å². The van der Waals surface area contributed by atoms with E-state index in [1.165, 1.54) is 6.07 Å². The van der Waals surface area contributed by atoms with Crippen molar-refractivity contribution in [2.75, 3.05) is 18.5 Å². The number of aromatic carboxylic acids is 1. The summed E-state index contributed by atoms with van der Waals surface area (Å²) in [5.41, 5.74) is 2.34. The smallest absolute Gasteiger partial charge is 0.544 e. The predicted molar refractivity (Wildman–Crippen MR) is 87.0 cm³/mol. The molecule has 0 radical (unpaired) electrons. The van der Waals surface area contributed by atoms with Crippen LogP contribution in [0.3, 0.4) is 0 Å². The number of anilines is 1. The first kappa shape index (κ1) is 19.7. The van der Waals surface area contributed by atoms with E-state index in [-0.39, 0.29) is 34.4 Å². The van der Waals surface area contributed by atoms with Crippen LogP contribution < -0.4 is 39.6 Å². The van der Waals surface area contributed by atoms with Crippen LogP contribution in [0.4, 0.5) is 5.69 Å². The van der Waals surface area contributed by atoms with Gasteiger partial charge in [0.05, 0.1) is 22.1 Å². The van der Waals surface area contributed by atoms with E-state index >= 15 is 0 Å². The molecule has 0 spiro atoms. The summed E-state index contributed by atoms with van der Waals surface area (Å²) in [5, 5.41) is 20.2. The molecule has 1 heterocycles. The van der Waals surface area contributed by atoms with Crippen LogP contribution in [-0.2, 0) is 0 Å². The van der Waals surface area contributed by atoms with Gasteiger partial charge in [-0.05, 0) is 36.2 Å². The molecule has 23 heavy (non-hydrogen) atoms. The molecule has 0 fully saturated rings. The molecule has 114 valence electrons. The SMILES string of the molecule is CCCCN(C)c1ccc(-c2ccc(C(=O)[O-])s2)cc1C#N.[Na+]. The average molecular weight is 336 g/mol. The van der Waals surface area contributed by atoms with Crippen molar-refractivity contribution >= 4 is 23.0 Å². The summed E-state index contributed by atoms with van der Waals surface area (Å²) in [5.74, 6) is -1.17. The third-order valence-corrected chi connectivity index (χ3v) is 4.58. The molecule has 0 saturated heterocycles. The summed E-state index contributed by atoms with van der Waals surface area (Å²) >= 11 is 1.16. The fourth-order valence-electron chi connectivity index (χ4n) is 2.23. The van der Waals surface area contributed by atoms with Crippen molar-refractivity contribution in [2.45, 2.75) is 19.8 Å². The van der Waals surface area contributed by atoms with E-state index in [0.717, 1.165) is 46.9 Å². The van der Waals surface area contributed by atoms with Gasteiger partial charge in [-0.1, -0.05) is 19.4 Å². The zero-order chi connectivity index (χ0) is 16.1. The van der Waals surface area contributed by atoms with Crippen molar-refractivity contribution in [1.82, 2.24) is 0 Å². The number of nitrogens with zero attached hydrogens (tertiary/aromatic N) is 2. The van der Waals surface area contributed by atoms with Gasteiger partial charge in [0, 0.05) is 18.5 Å². The van der Waals surface area contributed by atoms with Crippen LogP contribution in [0.5, 0.6) is 0 Å². The number of hydrogen-bond donors (Lipinski definition) is 0. The van der Waals surface area contributed by atoms with Crippen molar-refractivity contribution in [3.63, 3.8) is 0 Å². The molecule has 0 aliphatic rings. The number of benzene rings is 1. The summed E-state index contributed by atoms with van der Waals surface area (Å²) in [6.07, 6.45) is 2.18. The van der Waals surface area contributed by atoms with E-state index in [0.29, 0.717) is 5.56 Å². The molecule has 1 aromatic carbocycles. The van der Waals surface area contributed by atoms with Gasteiger partial charge in [0.15, 0.2) is 0 Å². The molecule has 1 aromatic heterocycles. The average Bonchev–Trinajstić information content (AvgIpc) is 3.02. The van der Waals surface area contributed by atoms with Gasteiger partial charge < -0.3 is 14.8 Å². The predicted octanol–water partition coefficient (Wildman–Crippen LogP) is -0.109. The number of rotatable bonds is 6. The third kappa shape index (κ3) is 4.82. The van der Waals surface area contributed by atoms with E-state index in [1.54, 1.807) is 6.07 Å². The minimum atomic E-state index is -1.17. The zero-order valence-corrected chi connectivity index (χ0v) is 16.4. The molecule has 6 heteroatoms. The van der Waals surface area contributed by atoms with E-state index in [1.807, 2.05) is 25.2 Å². The molecule has 0 unspecified atom stereocenters. The molecule has 0 N–H and O–H groups in total. The van der Waals surface area contributed by atoms with Crippen molar-refractivity contribution < 1.29 is 39.5 Å². The van der Waals surface area contributed by atoms with E-state index in [9.17, 15) is 15.2 Å². The Morgan fingerprint density at radius 3 is 2.65 bits per heavy atom. The number of carbonyl (C=O) groups excluding carboxylic acids is 1. The summed E-state index contributed by atoms with van der Waals surface area (Å²) in [6, 6.07) is 11.1. The Bertz CT molecular complexity index is 722. The van der Waals surface area contributed by atoms with Crippen molar-refractivity contribution in [3.05, 3.63) is 40.8 Å². The molecule has 4 nitrogen and oxygen atoms in total. The third-order valence-electron chi connectivity index (χ3n) is 3.47.